The Morgan fingerprint density at radius 2 is 2.25 bits per heavy atom. The van der Waals surface area contributed by atoms with Crippen molar-refractivity contribution in [2.24, 2.45) is 11.7 Å². The molecule has 0 radical (unpaired) electrons. The number of hydrogen-bond donors (Lipinski definition) is 1. The van der Waals surface area contributed by atoms with Crippen LogP contribution in [0.2, 0.25) is 0 Å². The second-order valence-corrected chi connectivity index (χ2v) is 3.87. The van der Waals surface area contributed by atoms with E-state index in [1.807, 2.05) is 0 Å². The molecule has 0 spiro atoms. The normalized spacial score (nSPS) is 29.8. The molecule has 2 nitrogen and oxygen atoms in total. The van der Waals surface area contributed by atoms with Gasteiger partial charge in [-0.25, -0.2) is 0 Å². The van der Waals surface area contributed by atoms with E-state index in [0.717, 1.165) is 19.4 Å². The zero-order valence-corrected chi connectivity index (χ0v) is 8.25. The third-order valence-electron chi connectivity index (χ3n) is 2.95. The Morgan fingerprint density at radius 1 is 1.50 bits per heavy atom. The van der Waals surface area contributed by atoms with Crippen molar-refractivity contribution in [1.82, 2.24) is 0 Å². The van der Waals surface area contributed by atoms with Crippen LogP contribution in [0.25, 0.3) is 0 Å². The number of rotatable bonds is 3. The first-order valence-corrected chi connectivity index (χ1v) is 5.13. The fourth-order valence-electron chi connectivity index (χ4n) is 1.71. The molecule has 1 aliphatic heterocycles. The summed E-state index contributed by atoms with van der Waals surface area (Å²) in [4.78, 5) is 0. The summed E-state index contributed by atoms with van der Waals surface area (Å²) in [6, 6.07) is 0.246. The van der Waals surface area contributed by atoms with Gasteiger partial charge >= 0.3 is 0 Å². The lowest BCUT2D eigenvalue weighted by molar-refractivity contribution is -0.0102. The molecule has 1 aliphatic rings. The van der Waals surface area contributed by atoms with E-state index >= 15 is 0 Å². The molecule has 1 rings (SSSR count). The Labute approximate surface area is 75.5 Å². The van der Waals surface area contributed by atoms with E-state index < -0.39 is 0 Å². The molecule has 0 aromatic carbocycles. The van der Waals surface area contributed by atoms with Gasteiger partial charge in [0, 0.05) is 12.6 Å². The van der Waals surface area contributed by atoms with Crippen molar-refractivity contribution in [1.29, 1.82) is 0 Å². The van der Waals surface area contributed by atoms with Crippen LogP contribution in [0.4, 0.5) is 0 Å². The van der Waals surface area contributed by atoms with Gasteiger partial charge in [0.15, 0.2) is 0 Å². The maximum atomic E-state index is 6.08. The van der Waals surface area contributed by atoms with Gasteiger partial charge in [-0.2, -0.15) is 0 Å². The van der Waals surface area contributed by atoms with E-state index in [9.17, 15) is 0 Å². The molecule has 3 atom stereocenters. The molecule has 72 valence electrons. The lowest BCUT2D eigenvalue weighted by atomic mass is 9.91. The minimum Gasteiger partial charge on any atom is -0.377 e. The molecule has 2 heteroatoms. The Morgan fingerprint density at radius 3 is 2.75 bits per heavy atom. The molecule has 1 heterocycles. The summed E-state index contributed by atoms with van der Waals surface area (Å²) in [6.07, 6.45) is 5.14. The van der Waals surface area contributed by atoms with Gasteiger partial charge in [0.1, 0.15) is 0 Å². The van der Waals surface area contributed by atoms with Gasteiger partial charge in [0.05, 0.1) is 6.10 Å². The van der Waals surface area contributed by atoms with Crippen LogP contribution in [0.5, 0.6) is 0 Å². The molecule has 12 heavy (non-hydrogen) atoms. The van der Waals surface area contributed by atoms with Gasteiger partial charge in [-0.1, -0.05) is 20.3 Å². The van der Waals surface area contributed by atoms with Crippen molar-refractivity contribution < 1.29 is 4.74 Å². The summed E-state index contributed by atoms with van der Waals surface area (Å²) >= 11 is 0. The van der Waals surface area contributed by atoms with E-state index in [4.69, 9.17) is 10.5 Å². The zero-order chi connectivity index (χ0) is 8.97. The van der Waals surface area contributed by atoms with Gasteiger partial charge < -0.3 is 10.5 Å². The van der Waals surface area contributed by atoms with Crippen LogP contribution in [-0.4, -0.2) is 18.8 Å². The molecule has 0 aromatic heterocycles. The predicted molar refractivity (Wildman–Crippen MR) is 51.0 cm³/mol. The van der Waals surface area contributed by atoms with E-state index in [1.165, 1.54) is 12.8 Å². The summed E-state index contributed by atoms with van der Waals surface area (Å²) < 4.78 is 5.64. The van der Waals surface area contributed by atoms with Crippen molar-refractivity contribution in [3.8, 4) is 0 Å². The molecule has 0 saturated carbocycles. The molecular formula is C10H21NO. The van der Waals surface area contributed by atoms with Crippen molar-refractivity contribution in [2.75, 3.05) is 6.61 Å². The molecule has 0 amide bonds. The Balaban J connectivity index is 2.33. The third kappa shape index (κ3) is 2.46. The minimum absolute atomic E-state index is 0.246. The van der Waals surface area contributed by atoms with Crippen LogP contribution in [0.15, 0.2) is 0 Å². The van der Waals surface area contributed by atoms with Crippen LogP contribution in [0, 0.1) is 5.92 Å². The largest absolute Gasteiger partial charge is 0.377 e. The summed E-state index contributed by atoms with van der Waals surface area (Å²) in [5, 5.41) is 0. The maximum absolute atomic E-state index is 6.08. The summed E-state index contributed by atoms with van der Waals surface area (Å²) in [6.45, 7) is 5.31. The van der Waals surface area contributed by atoms with Crippen LogP contribution in [0.1, 0.15) is 39.5 Å². The van der Waals surface area contributed by atoms with Crippen molar-refractivity contribution in [3.05, 3.63) is 0 Å². The van der Waals surface area contributed by atoms with Gasteiger partial charge in [0.2, 0.25) is 0 Å². The molecule has 0 bridgehead atoms. The Kier molecular flexibility index (Phi) is 4.02. The molecule has 1 fully saturated rings. The number of hydrogen-bond acceptors (Lipinski definition) is 2. The molecule has 0 aromatic rings. The first kappa shape index (κ1) is 10.0. The quantitative estimate of drug-likeness (QED) is 0.704. The lowest BCUT2D eigenvalue weighted by Crippen LogP contribution is -2.43. The molecule has 3 unspecified atom stereocenters. The summed E-state index contributed by atoms with van der Waals surface area (Å²) in [7, 11) is 0. The Hall–Kier alpha value is -0.0800. The first-order valence-electron chi connectivity index (χ1n) is 5.13. The van der Waals surface area contributed by atoms with Crippen LogP contribution in [-0.2, 0) is 4.74 Å². The average molecular weight is 171 g/mol. The fourth-order valence-corrected chi connectivity index (χ4v) is 1.71. The van der Waals surface area contributed by atoms with Crippen molar-refractivity contribution >= 4 is 0 Å². The van der Waals surface area contributed by atoms with E-state index in [-0.39, 0.29) is 6.04 Å². The van der Waals surface area contributed by atoms with Crippen LogP contribution in [0.3, 0.4) is 0 Å². The highest BCUT2D eigenvalue weighted by Gasteiger charge is 2.24. The molecule has 1 saturated heterocycles. The zero-order valence-electron chi connectivity index (χ0n) is 8.25. The maximum Gasteiger partial charge on any atom is 0.0728 e. The lowest BCUT2D eigenvalue weighted by Gasteiger charge is -2.31. The van der Waals surface area contributed by atoms with E-state index in [1.54, 1.807) is 0 Å². The van der Waals surface area contributed by atoms with Gasteiger partial charge in [0.25, 0.3) is 0 Å². The van der Waals surface area contributed by atoms with Crippen LogP contribution >= 0.6 is 0 Å². The SMILES string of the molecule is CCC(C)C(N)C1CCCCO1. The average Bonchev–Trinajstić information content (AvgIpc) is 2.17. The molecule has 0 aliphatic carbocycles. The number of ether oxygens (including phenoxy) is 1. The highest BCUT2D eigenvalue weighted by molar-refractivity contribution is 4.79. The predicted octanol–water partition coefficient (Wildman–Crippen LogP) is 1.93. The molecular weight excluding hydrogens is 150 g/mol. The van der Waals surface area contributed by atoms with Gasteiger partial charge in [-0.15, -0.1) is 0 Å². The Bertz CT molecular complexity index is 121. The molecule has 2 N–H and O–H groups in total. The topological polar surface area (TPSA) is 35.2 Å². The van der Waals surface area contributed by atoms with Crippen molar-refractivity contribution in [3.63, 3.8) is 0 Å². The highest BCUT2D eigenvalue weighted by atomic mass is 16.5. The van der Waals surface area contributed by atoms with Gasteiger partial charge in [-0.05, 0) is 25.2 Å². The third-order valence-corrected chi connectivity index (χ3v) is 2.95. The fraction of sp³-hybridized carbons (Fsp3) is 1.00. The van der Waals surface area contributed by atoms with E-state index in [0.29, 0.717) is 12.0 Å². The smallest absolute Gasteiger partial charge is 0.0728 e. The highest BCUT2D eigenvalue weighted by Crippen LogP contribution is 2.20. The van der Waals surface area contributed by atoms with E-state index in [2.05, 4.69) is 13.8 Å². The monoisotopic (exact) mass is 171 g/mol. The number of nitrogens with two attached hydrogens (primary N) is 1. The standard InChI is InChI=1S/C10H21NO/c1-3-8(2)10(11)9-6-4-5-7-12-9/h8-10H,3-7,11H2,1-2H3. The first-order chi connectivity index (χ1) is 5.75. The minimum atomic E-state index is 0.246. The van der Waals surface area contributed by atoms with Gasteiger partial charge in [-0.3, -0.25) is 0 Å². The summed E-state index contributed by atoms with van der Waals surface area (Å²) in [5.74, 6) is 0.591. The second-order valence-electron chi connectivity index (χ2n) is 3.87. The van der Waals surface area contributed by atoms with Crippen molar-refractivity contribution in [2.45, 2.75) is 51.7 Å². The second kappa shape index (κ2) is 4.83. The summed E-state index contributed by atoms with van der Waals surface area (Å²) in [5.41, 5.74) is 6.08. The van der Waals surface area contributed by atoms with Crippen LogP contribution < -0.4 is 5.73 Å².